The van der Waals surface area contributed by atoms with Crippen LogP contribution in [0.4, 0.5) is 0 Å². The third-order valence-corrected chi connectivity index (χ3v) is 4.69. The molecule has 0 spiro atoms. The van der Waals surface area contributed by atoms with E-state index in [0.717, 1.165) is 19.6 Å². The van der Waals surface area contributed by atoms with Crippen molar-refractivity contribution in [2.45, 2.75) is 38.8 Å². The summed E-state index contributed by atoms with van der Waals surface area (Å²) in [6, 6.07) is 8.69. The van der Waals surface area contributed by atoms with Crippen molar-refractivity contribution in [3.05, 3.63) is 35.4 Å². The van der Waals surface area contributed by atoms with E-state index in [-0.39, 0.29) is 11.5 Å². The summed E-state index contributed by atoms with van der Waals surface area (Å²) in [4.78, 5) is 2.32. The Hall–Kier alpha value is -0.950. The molecule has 1 aliphatic heterocycles. The van der Waals surface area contributed by atoms with Crippen LogP contribution in [0.3, 0.4) is 0 Å². The molecule has 0 aliphatic carbocycles. The van der Waals surface area contributed by atoms with E-state index in [1.54, 1.807) is 0 Å². The van der Waals surface area contributed by atoms with Crippen molar-refractivity contribution in [1.82, 2.24) is 9.62 Å². The first-order valence-corrected chi connectivity index (χ1v) is 9.91. The first-order chi connectivity index (χ1) is 10.6. The zero-order valence-corrected chi connectivity index (χ0v) is 15.3. The number of benzene rings is 1. The summed E-state index contributed by atoms with van der Waals surface area (Å²) in [5, 5.41) is 0. The Bertz CT molecular complexity index is 623. The molecule has 0 saturated carbocycles. The molecule has 1 aliphatic rings. The SMILES string of the molecule is CC(C)(C)c1cccc(CN2CCOC(CNS(C)(=O)=O)C2)c1. The Morgan fingerprint density at radius 1 is 1.35 bits per heavy atom. The number of sulfonamides is 1. The molecule has 1 aromatic rings. The van der Waals surface area contributed by atoms with E-state index in [2.05, 4.69) is 54.7 Å². The minimum Gasteiger partial charge on any atom is -0.374 e. The first-order valence-electron chi connectivity index (χ1n) is 8.01. The molecule has 0 bridgehead atoms. The quantitative estimate of drug-likeness (QED) is 0.887. The van der Waals surface area contributed by atoms with E-state index in [1.165, 1.54) is 17.4 Å². The highest BCUT2D eigenvalue weighted by atomic mass is 32.2. The average molecular weight is 340 g/mol. The van der Waals surface area contributed by atoms with Crippen LogP contribution < -0.4 is 4.72 Å². The van der Waals surface area contributed by atoms with E-state index in [4.69, 9.17) is 4.74 Å². The molecule has 1 N–H and O–H groups in total. The second-order valence-electron chi connectivity index (χ2n) is 7.30. The predicted octanol–water partition coefficient (Wildman–Crippen LogP) is 1.73. The summed E-state index contributed by atoms with van der Waals surface area (Å²) >= 11 is 0. The number of rotatable bonds is 5. The maximum absolute atomic E-state index is 11.2. The molecule has 0 radical (unpaired) electrons. The molecule has 2 rings (SSSR count). The van der Waals surface area contributed by atoms with Crippen LogP contribution in [-0.2, 0) is 26.7 Å². The van der Waals surface area contributed by atoms with Crippen molar-refractivity contribution in [2.75, 3.05) is 32.5 Å². The molecule has 1 atom stereocenters. The van der Waals surface area contributed by atoms with Gasteiger partial charge in [-0.3, -0.25) is 4.90 Å². The summed E-state index contributed by atoms with van der Waals surface area (Å²) in [6.07, 6.45) is 1.08. The minimum absolute atomic E-state index is 0.0933. The molecular weight excluding hydrogens is 312 g/mol. The van der Waals surface area contributed by atoms with Gasteiger partial charge < -0.3 is 4.74 Å². The predicted molar refractivity (Wildman–Crippen MR) is 93.0 cm³/mol. The van der Waals surface area contributed by atoms with Crippen molar-refractivity contribution >= 4 is 10.0 Å². The molecule has 6 heteroatoms. The van der Waals surface area contributed by atoms with Crippen molar-refractivity contribution < 1.29 is 13.2 Å². The van der Waals surface area contributed by atoms with Gasteiger partial charge in [0.05, 0.1) is 19.0 Å². The van der Waals surface area contributed by atoms with Crippen LogP contribution in [0, 0.1) is 0 Å². The summed E-state index contributed by atoms with van der Waals surface area (Å²) < 4.78 is 30.6. The maximum atomic E-state index is 11.2. The maximum Gasteiger partial charge on any atom is 0.208 e. The van der Waals surface area contributed by atoms with E-state index >= 15 is 0 Å². The van der Waals surface area contributed by atoms with Gasteiger partial charge in [0.2, 0.25) is 10.0 Å². The molecule has 0 amide bonds. The summed E-state index contributed by atoms with van der Waals surface area (Å²) in [7, 11) is -3.17. The summed E-state index contributed by atoms with van der Waals surface area (Å²) in [5.74, 6) is 0. The number of nitrogens with one attached hydrogen (secondary N) is 1. The number of nitrogens with zero attached hydrogens (tertiary/aromatic N) is 1. The highest BCUT2D eigenvalue weighted by Crippen LogP contribution is 2.23. The molecular formula is C17H28N2O3S. The fourth-order valence-electron chi connectivity index (χ4n) is 2.69. The molecule has 23 heavy (non-hydrogen) atoms. The lowest BCUT2D eigenvalue weighted by Crippen LogP contribution is -2.47. The van der Waals surface area contributed by atoms with Gasteiger partial charge in [-0.15, -0.1) is 0 Å². The van der Waals surface area contributed by atoms with Crippen LogP contribution in [0.1, 0.15) is 31.9 Å². The monoisotopic (exact) mass is 340 g/mol. The van der Waals surface area contributed by atoms with Gasteiger partial charge in [-0.1, -0.05) is 45.0 Å². The van der Waals surface area contributed by atoms with Crippen molar-refractivity contribution in [3.63, 3.8) is 0 Å². The molecule has 1 unspecified atom stereocenters. The lowest BCUT2D eigenvalue weighted by molar-refractivity contribution is -0.0276. The van der Waals surface area contributed by atoms with Crippen LogP contribution >= 0.6 is 0 Å². The lowest BCUT2D eigenvalue weighted by atomic mass is 9.86. The van der Waals surface area contributed by atoms with Gasteiger partial charge in [-0.2, -0.15) is 0 Å². The van der Waals surface area contributed by atoms with Crippen LogP contribution in [0.2, 0.25) is 0 Å². The first kappa shape index (κ1) is 18.4. The van der Waals surface area contributed by atoms with E-state index in [1.807, 2.05) is 0 Å². The van der Waals surface area contributed by atoms with Gasteiger partial charge in [-0.05, 0) is 16.5 Å². The topological polar surface area (TPSA) is 58.6 Å². The third kappa shape index (κ3) is 6.22. The zero-order valence-electron chi connectivity index (χ0n) is 14.5. The van der Waals surface area contributed by atoms with Gasteiger partial charge in [0.15, 0.2) is 0 Å². The molecule has 0 aromatic heterocycles. The fourth-order valence-corrected chi connectivity index (χ4v) is 3.17. The van der Waals surface area contributed by atoms with Gasteiger partial charge >= 0.3 is 0 Å². The fraction of sp³-hybridized carbons (Fsp3) is 0.647. The van der Waals surface area contributed by atoms with E-state index in [9.17, 15) is 8.42 Å². The average Bonchev–Trinajstić information content (AvgIpc) is 2.44. The Morgan fingerprint density at radius 2 is 2.09 bits per heavy atom. The number of hydrogen-bond donors (Lipinski definition) is 1. The Kier molecular flexibility index (Phi) is 5.84. The third-order valence-electron chi connectivity index (χ3n) is 4.00. The number of morpholine rings is 1. The molecule has 130 valence electrons. The molecule has 1 fully saturated rings. The normalized spacial score (nSPS) is 20.6. The van der Waals surface area contributed by atoms with Gasteiger partial charge in [0, 0.05) is 26.2 Å². The smallest absolute Gasteiger partial charge is 0.208 e. The Labute approximate surface area is 140 Å². The number of ether oxygens (including phenoxy) is 1. The van der Waals surface area contributed by atoms with E-state index in [0.29, 0.717) is 13.2 Å². The van der Waals surface area contributed by atoms with Crippen LogP contribution in [0.25, 0.3) is 0 Å². The lowest BCUT2D eigenvalue weighted by Gasteiger charge is -2.33. The molecule has 5 nitrogen and oxygen atoms in total. The van der Waals surface area contributed by atoms with Gasteiger partial charge in [-0.25, -0.2) is 13.1 Å². The highest BCUT2D eigenvalue weighted by Gasteiger charge is 2.22. The highest BCUT2D eigenvalue weighted by molar-refractivity contribution is 7.88. The zero-order chi connectivity index (χ0) is 17.1. The minimum atomic E-state index is -3.17. The van der Waals surface area contributed by atoms with Crippen molar-refractivity contribution in [1.29, 1.82) is 0 Å². The van der Waals surface area contributed by atoms with Gasteiger partial charge in [0.25, 0.3) is 0 Å². The Morgan fingerprint density at radius 3 is 2.74 bits per heavy atom. The van der Waals surface area contributed by atoms with Crippen LogP contribution in [-0.4, -0.2) is 51.9 Å². The molecule has 1 saturated heterocycles. The Balaban J connectivity index is 1.95. The molecule has 1 aromatic carbocycles. The van der Waals surface area contributed by atoms with Gasteiger partial charge in [0.1, 0.15) is 0 Å². The van der Waals surface area contributed by atoms with Crippen LogP contribution in [0.5, 0.6) is 0 Å². The second-order valence-corrected chi connectivity index (χ2v) is 9.13. The second kappa shape index (κ2) is 7.30. The number of hydrogen-bond acceptors (Lipinski definition) is 4. The van der Waals surface area contributed by atoms with E-state index < -0.39 is 10.0 Å². The summed E-state index contributed by atoms with van der Waals surface area (Å²) in [5.41, 5.74) is 2.76. The summed E-state index contributed by atoms with van der Waals surface area (Å²) in [6.45, 7) is 10.1. The van der Waals surface area contributed by atoms with Crippen LogP contribution in [0.15, 0.2) is 24.3 Å². The molecule has 1 heterocycles. The van der Waals surface area contributed by atoms with Crippen molar-refractivity contribution in [2.24, 2.45) is 0 Å². The largest absolute Gasteiger partial charge is 0.374 e. The van der Waals surface area contributed by atoms with Crippen molar-refractivity contribution in [3.8, 4) is 0 Å². The standard InChI is InChI=1S/C17H28N2O3S/c1-17(2,3)15-7-5-6-14(10-15)12-19-8-9-22-16(13-19)11-18-23(4,20)21/h5-7,10,16,18H,8-9,11-13H2,1-4H3.